The van der Waals surface area contributed by atoms with Crippen LogP contribution in [-0.2, 0) is 0 Å². The summed E-state index contributed by atoms with van der Waals surface area (Å²) in [5.74, 6) is 3.65. The SMILES string of the molecule is CCOc1ccc(-c2n[nH]c([C@@H](N)c3ccc(OC)c(OCC)c3)n2)cc1OC. The van der Waals surface area contributed by atoms with Crippen LogP contribution in [0.15, 0.2) is 36.4 Å². The summed E-state index contributed by atoms with van der Waals surface area (Å²) in [7, 11) is 3.20. The smallest absolute Gasteiger partial charge is 0.181 e. The number of hydrogen-bond donors (Lipinski definition) is 2. The quantitative estimate of drug-likeness (QED) is 0.569. The maximum absolute atomic E-state index is 6.41. The molecule has 0 unspecified atom stereocenters. The number of nitrogens with two attached hydrogens (primary N) is 1. The van der Waals surface area contributed by atoms with E-state index in [1.54, 1.807) is 14.2 Å². The van der Waals surface area contributed by atoms with Gasteiger partial charge in [-0.15, -0.1) is 0 Å². The van der Waals surface area contributed by atoms with Crippen molar-refractivity contribution in [1.82, 2.24) is 15.2 Å². The zero-order valence-electron chi connectivity index (χ0n) is 17.1. The van der Waals surface area contributed by atoms with Gasteiger partial charge in [0.2, 0.25) is 0 Å². The lowest BCUT2D eigenvalue weighted by molar-refractivity contribution is 0.310. The van der Waals surface area contributed by atoms with Crippen molar-refractivity contribution in [3.63, 3.8) is 0 Å². The largest absolute Gasteiger partial charge is 0.493 e. The average molecular weight is 398 g/mol. The summed E-state index contributed by atoms with van der Waals surface area (Å²) in [5.41, 5.74) is 8.04. The van der Waals surface area contributed by atoms with Crippen molar-refractivity contribution >= 4 is 0 Å². The Kier molecular flexibility index (Phi) is 6.56. The lowest BCUT2D eigenvalue weighted by atomic mass is 10.1. The summed E-state index contributed by atoms with van der Waals surface area (Å²) in [5, 5.41) is 7.24. The topological polar surface area (TPSA) is 105 Å². The molecule has 8 heteroatoms. The van der Waals surface area contributed by atoms with Gasteiger partial charge in [0.15, 0.2) is 28.8 Å². The van der Waals surface area contributed by atoms with Crippen molar-refractivity contribution in [3.05, 3.63) is 47.8 Å². The Morgan fingerprint density at radius 1 is 0.897 bits per heavy atom. The molecule has 0 saturated heterocycles. The zero-order valence-corrected chi connectivity index (χ0v) is 17.1. The number of benzene rings is 2. The third-order valence-electron chi connectivity index (χ3n) is 4.37. The number of aromatic amines is 1. The number of nitrogens with one attached hydrogen (secondary N) is 1. The minimum absolute atomic E-state index is 0.494. The molecule has 1 heterocycles. The van der Waals surface area contributed by atoms with Crippen molar-refractivity contribution in [2.45, 2.75) is 19.9 Å². The standard InChI is InChI=1S/C21H26N4O4/c1-5-28-16-10-8-14(12-17(16)27-4)20-23-21(25-24-20)19(22)13-7-9-15(26-3)18(11-13)29-6-2/h7-12,19H,5-6,22H2,1-4H3,(H,23,24,25)/t19-/m0/s1. The second kappa shape index (κ2) is 9.29. The van der Waals surface area contributed by atoms with Gasteiger partial charge in [-0.1, -0.05) is 6.07 Å². The normalized spacial score (nSPS) is 11.8. The molecule has 154 valence electrons. The van der Waals surface area contributed by atoms with Gasteiger partial charge in [-0.05, 0) is 49.7 Å². The van der Waals surface area contributed by atoms with Crippen LogP contribution in [0.2, 0.25) is 0 Å². The maximum Gasteiger partial charge on any atom is 0.181 e. The molecule has 8 nitrogen and oxygen atoms in total. The van der Waals surface area contributed by atoms with Crippen LogP contribution in [0, 0.1) is 0 Å². The predicted molar refractivity (Wildman–Crippen MR) is 110 cm³/mol. The summed E-state index contributed by atoms with van der Waals surface area (Å²) in [6.45, 7) is 4.92. The van der Waals surface area contributed by atoms with Gasteiger partial charge in [-0.3, -0.25) is 5.10 Å². The molecule has 0 saturated carbocycles. The summed E-state index contributed by atoms with van der Waals surface area (Å²) >= 11 is 0. The summed E-state index contributed by atoms with van der Waals surface area (Å²) in [6.07, 6.45) is 0. The first kappa shape index (κ1) is 20.5. The number of rotatable bonds is 9. The van der Waals surface area contributed by atoms with E-state index < -0.39 is 6.04 Å². The van der Waals surface area contributed by atoms with Gasteiger partial charge in [-0.25, -0.2) is 4.98 Å². The van der Waals surface area contributed by atoms with Crippen LogP contribution in [0.5, 0.6) is 23.0 Å². The Balaban J connectivity index is 1.87. The van der Waals surface area contributed by atoms with Crippen molar-refractivity contribution in [3.8, 4) is 34.4 Å². The number of methoxy groups -OCH3 is 2. The Morgan fingerprint density at radius 2 is 1.59 bits per heavy atom. The fourth-order valence-corrected chi connectivity index (χ4v) is 2.94. The van der Waals surface area contributed by atoms with E-state index in [1.807, 2.05) is 50.2 Å². The van der Waals surface area contributed by atoms with Crippen LogP contribution < -0.4 is 24.7 Å². The first-order valence-corrected chi connectivity index (χ1v) is 9.41. The van der Waals surface area contributed by atoms with E-state index in [4.69, 9.17) is 24.7 Å². The first-order chi connectivity index (χ1) is 14.1. The van der Waals surface area contributed by atoms with Crippen LogP contribution >= 0.6 is 0 Å². The average Bonchev–Trinajstić information content (AvgIpc) is 3.24. The summed E-state index contributed by atoms with van der Waals surface area (Å²) in [4.78, 5) is 4.57. The molecule has 0 aliphatic carbocycles. The van der Waals surface area contributed by atoms with Crippen molar-refractivity contribution < 1.29 is 18.9 Å². The monoisotopic (exact) mass is 398 g/mol. The van der Waals surface area contributed by atoms with Gasteiger partial charge in [0, 0.05) is 5.56 Å². The van der Waals surface area contributed by atoms with E-state index in [2.05, 4.69) is 15.2 Å². The third kappa shape index (κ3) is 4.43. The molecule has 0 fully saturated rings. The fraction of sp³-hybridized carbons (Fsp3) is 0.333. The molecule has 29 heavy (non-hydrogen) atoms. The van der Waals surface area contributed by atoms with Crippen LogP contribution in [0.25, 0.3) is 11.4 Å². The van der Waals surface area contributed by atoms with Crippen LogP contribution in [-0.4, -0.2) is 42.6 Å². The first-order valence-electron chi connectivity index (χ1n) is 9.41. The van der Waals surface area contributed by atoms with E-state index in [-0.39, 0.29) is 0 Å². The zero-order chi connectivity index (χ0) is 20.8. The minimum Gasteiger partial charge on any atom is -0.493 e. The van der Waals surface area contributed by atoms with Crippen molar-refractivity contribution in [1.29, 1.82) is 0 Å². The lowest BCUT2D eigenvalue weighted by Gasteiger charge is -2.14. The van der Waals surface area contributed by atoms with E-state index in [0.717, 1.165) is 11.1 Å². The number of nitrogens with zero attached hydrogens (tertiary/aromatic N) is 2. The molecule has 1 aromatic heterocycles. The summed E-state index contributed by atoms with van der Waals surface area (Å²) in [6, 6.07) is 10.6. The Labute approximate surface area is 170 Å². The molecule has 0 amide bonds. The fourth-order valence-electron chi connectivity index (χ4n) is 2.94. The van der Waals surface area contributed by atoms with Gasteiger partial charge in [-0.2, -0.15) is 5.10 Å². The van der Waals surface area contributed by atoms with Crippen LogP contribution in [0.1, 0.15) is 31.3 Å². The van der Waals surface area contributed by atoms with Crippen molar-refractivity contribution in [2.24, 2.45) is 5.73 Å². The number of hydrogen-bond acceptors (Lipinski definition) is 7. The van der Waals surface area contributed by atoms with Crippen molar-refractivity contribution in [2.75, 3.05) is 27.4 Å². The minimum atomic E-state index is -0.494. The molecule has 0 aliphatic heterocycles. The van der Waals surface area contributed by atoms with Gasteiger partial charge in [0.25, 0.3) is 0 Å². The van der Waals surface area contributed by atoms with Gasteiger partial charge in [0.05, 0.1) is 33.5 Å². The predicted octanol–water partition coefficient (Wildman–Crippen LogP) is 3.33. The maximum atomic E-state index is 6.41. The van der Waals surface area contributed by atoms with Gasteiger partial charge in [0.1, 0.15) is 5.82 Å². The molecule has 0 bridgehead atoms. The molecule has 3 aromatic rings. The Bertz CT molecular complexity index is 958. The Morgan fingerprint density at radius 3 is 2.28 bits per heavy atom. The molecule has 3 N–H and O–H groups in total. The second-order valence-electron chi connectivity index (χ2n) is 6.16. The van der Waals surface area contributed by atoms with E-state index in [0.29, 0.717) is 47.9 Å². The van der Waals surface area contributed by atoms with Crippen LogP contribution in [0.3, 0.4) is 0 Å². The van der Waals surface area contributed by atoms with Gasteiger partial charge < -0.3 is 24.7 Å². The van der Waals surface area contributed by atoms with E-state index >= 15 is 0 Å². The highest BCUT2D eigenvalue weighted by Crippen LogP contribution is 2.33. The second-order valence-corrected chi connectivity index (χ2v) is 6.16. The Hall–Kier alpha value is -3.26. The van der Waals surface area contributed by atoms with Crippen LogP contribution in [0.4, 0.5) is 0 Å². The molecule has 0 aliphatic rings. The lowest BCUT2D eigenvalue weighted by Crippen LogP contribution is -2.14. The number of aromatic nitrogens is 3. The molecular weight excluding hydrogens is 372 g/mol. The highest BCUT2D eigenvalue weighted by atomic mass is 16.5. The highest BCUT2D eigenvalue weighted by Gasteiger charge is 2.18. The number of H-pyrrole nitrogens is 1. The summed E-state index contributed by atoms with van der Waals surface area (Å²) < 4.78 is 21.9. The molecule has 3 rings (SSSR count). The molecular formula is C21H26N4O4. The molecule has 0 spiro atoms. The van der Waals surface area contributed by atoms with Gasteiger partial charge >= 0.3 is 0 Å². The van der Waals surface area contributed by atoms with E-state index in [9.17, 15) is 0 Å². The van der Waals surface area contributed by atoms with E-state index in [1.165, 1.54) is 0 Å². The number of ether oxygens (including phenoxy) is 4. The molecule has 0 radical (unpaired) electrons. The highest BCUT2D eigenvalue weighted by molar-refractivity contribution is 5.61. The molecule has 2 aromatic carbocycles. The third-order valence-corrected chi connectivity index (χ3v) is 4.37. The molecule has 1 atom stereocenters.